The van der Waals surface area contributed by atoms with Gasteiger partial charge in [-0.1, -0.05) is 41.9 Å². The van der Waals surface area contributed by atoms with E-state index in [1.807, 2.05) is 0 Å². The van der Waals surface area contributed by atoms with Crippen LogP contribution < -0.4 is 10.9 Å². The third-order valence-electron chi connectivity index (χ3n) is 4.40. The molecule has 0 atom stereocenters. The van der Waals surface area contributed by atoms with Gasteiger partial charge in [0.15, 0.2) is 0 Å². The molecular formula is C22H14ClFN2O2. The van der Waals surface area contributed by atoms with Crippen molar-refractivity contribution in [2.45, 2.75) is 0 Å². The molecular weight excluding hydrogens is 379 g/mol. The number of anilines is 1. The lowest BCUT2D eigenvalue weighted by Crippen LogP contribution is -2.22. The summed E-state index contributed by atoms with van der Waals surface area (Å²) in [6.07, 6.45) is 1.46. The smallest absolute Gasteiger partial charge is 0.262 e. The van der Waals surface area contributed by atoms with E-state index in [1.165, 1.54) is 22.9 Å². The van der Waals surface area contributed by atoms with Crippen LogP contribution in [0.15, 0.2) is 83.8 Å². The third-order valence-corrected chi connectivity index (χ3v) is 4.65. The fraction of sp³-hybridized carbons (Fsp3) is 0. The van der Waals surface area contributed by atoms with Crippen molar-refractivity contribution in [3.63, 3.8) is 0 Å². The normalized spacial score (nSPS) is 10.8. The Kier molecular flexibility index (Phi) is 4.67. The zero-order chi connectivity index (χ0) is 19.7. The van der Waals surface area contributed by atoms with E-state index in [2.05, 4.69) is 5.32 Å². The molecule has 1 aromatic heterocycles. The quantitative estimate of drug-likeness (QED) is 0.531. The number of para-hydroxylation sites is 1. The van der Waals surface area contributed by atoms with Crippen LogP contribution in [0.5, 0.6) is 0 Å². The minimum absolute atomic E-state index is 0.0702. The van der Waals surface area contributed by atoms with E-state index in [4.69, 9.17) is 11.6 Å². The molecule has 3 aromatic carbocycles. The van der Waals surface area contributed by atoms with Gasteiger partial charge in [-0.3, -0.25) is 14.2 Å². The lowest BCUT2D eigenvalue weighted by molar-refractivity contribution is 0.102. The molecule has 0 fully saturated rings. The Morgan fingerprint density at radius 2 is 1.54 bits per heavy atom. The van der Waals surface area contributed by atoms with Crippen LogP contribution in [0.3, 0.4) is 0 Å². The molecule has 0 saturated heterocycles. The van der Waals surface area contributed by atoms with Crippen LogP contribution in [-0.4, -0.2) is 10.5 Å². The number of rotatable bonds is 3. The summed E-state index contributed by atoms with van der Waals surface area (Å²) < 4.78 is 15.3. The first-order chi connectivity index (χ1) is 13.5. The van der Waals surface area contributed by atoms with Gasteiger partial charge in [0.25, 0.3) is 11.5 Å². The Labute approximate surface area is 164 Å². The SMILES string of the molecule is O=C(Nc1ccccc1F)c1cn(-c2ccc(Cl)cc2)c(=O)c2ccccc12. The highest BCUT2D eigenvalue weighted by atomic mass is 35.5. The monoisotopic (exact) mass is 392 g/mol. The van der Waals surface area contributed by atoms with Crippen molar-refractivity contribution in [1.82, 2.24) is 4.57 Å². The molecule has 0 bridgehead atoms. The zero-order valence-corrected chi connectivity index (χ0v) is 15.3. The summed E-state index contributed by atoms with van der Waals surface area (Å²) in [5.74, 6) is -1.05. The summed E-state index contributed by atoms with van der Waals surface area (Å²) in [6, 6.07) is 19.5. The van der Waals surface area contributed by atoms with Crippen molar-refractivity contribution in [2.24, 2.45) is 0 Å². The molecule has 1 heterocycles. The molecule has 28 heavy (non-hydrogen) atoms. The number of nitrogens with one attached hydrogen (secondary N) is 1. The summed E-state index contributed by atoms with van der Waals surface area (Å²) >= 11 is 5.93. The summed E-state index contributed by atoms with van der Waals surface area (Å²) in [4.78, 5) is 25.9. The van der Waals surface area contributed by atoms with Gasteiger partial charge in [-0.25, -0.2) is 4.39 Å². The minimum atomic E-state index is -0.536. The molecule has 0 saturated carbocycles. The van der Waals surface area contributed by atoms with Gasteiger partial charge in [-0.05, 0) is 42.5 Å². The molecule has 0 spiro atoms. The van der Waals surface area contributed by atoms with Crippen LogP contribution in [0, 0.1) is 5.82 Å². The number of amides is 1. The first-order valence-electron chi connectivity index (χ1n) is 8.51. The molecule has 138 valence electrons. The third kappa shape index (κ3) is 3.28. The maximum atomic E-state index is 13.9. The van der Waals surface area contributed by atoms with Crippen molar-refractivity contribution in [1.29, 1.82) is 0 Å². The molecule has 4 rings (SSSR count). The number of pyridine rings is 1. The first-order valence-corrected chi connectivity index (χ1v) is 8.88. The average molecular weight is 393 g/mol. The largest absolute Gasteiger partial charge is 0.319 e. The van der Waals surface area contributed by atoms with E-state index in [0.717, 1.165) is 0 Å². The lowest BCUT2D eigenvalue weighted by Gasteiger charge is -2.13. The second-order valence-corrected chi connectivity index (χ2v) is 6.61. The Morgan fingerprint density at radius 1 is 0.893 bits per heavy atom. The number of nitrogens with zero attached hydrogens (tertiary/aromatic N) is 1. The second-order valence-electron chi connectivity index (χ2n) is 6.17. The molecule has 0 unspecified atom stereocenters. The predicted octanol–water partition coefficient (Wildman–Crippen LogP) is 5.04. The van der Waals surface area contributed by atoms with Crippen LogP contribution in [0.2, 0.25) is 5.02 Å². The highest BCUT2D eigenvalue weighted by Crippen LogP contribution is 2.21. The molecule has 0 aliphatic rings. The Balaban J connectivity index is 1.89. The standard InChI is InChI=1S/C22H14ClFN2O2/c23-14-9-11-15(12-10-14)26-13-18(16-5-1-2-6-17(16)22(26)28)21(27)25-20-8-4-3-7-19(20)24/h1-13H,(H,25,27). The number of hydrogen-bond donors (Lipinski definition) is 1. The molecule has 1 N–H and O–H groups in total. The highest BCUT2D eigenvalue weighted by molar-refractivity contribution is 6.30. The number of benzene rings is 3. The highest BCUT2D eigenvalue weighted by Gasteiger charge is 2.16. The fourth-order valence-corrected chi connectivity index (χ4v) is 3.14. The van der Waals surface area contributed by atoms with Gasteiger partial charge in [0.1, 0.15) is 5.82 Å². The average Bonchev–Trinajstić information content (AvgIpc) is 2.71. The van der Waals surface area contributed by atoms with Crippen LogP contribution in [0.4, 0.5) is 10.1 Å². The van der Waals surface area contributed by atoms with Crippen molar-refractivity contribution >= 4 is 34.0 Å². The van der Waals surface area contributed by atoms with Crippen molar-refractivity contribution < 1.29 is 9.18 Å². The van der Waals surface area contributed by atoms with Gasteiger partial charge in [0.05, 0.1) is 11.3 Å². The van der Waals surface area contributed by atoms with Crippen LogP contribution in [0.25, 0.3) is 16.5 Å². The number of carbonyl (C=O) groups excluding carboxylic acids is 1. The lowest BCUT2D eigenvalue weighted by atomic mass is 10.1. The maximum Gasteiger partial charge on any atom is 0.262 e. The molecule has 4 aromatic rings. The van der Waals surface area contributed by atoms with Gasteiger partial charge in [0.2, 0.25) is 0 Å². The number of fused-ring (bicyclic) bond motifs is 1. The van der Waals surface area contributed by atoms with E-state index >= 15 is 0 Å². The van der Waals surface area contributed by atoms with Crippen LogP contribution in [0.1, 0.15) is 10.4 Å². The number of hydrogen-bond acceptors (Lipinski definition) is 2. The van der Waals surface area contributed by atoms with Gasteiger partial charge < -0.3 is 5.32 Å². The summed E-state index contributed by atoms with van der Waals surface area (Å²) in [5.41, 5.74) is 0.634. The first kappa shape index (κ1) is 17.9. The van der Waals surface area contributed by atoms with Crippen molar-refractivity contribution in [3.8, 4) is 5.69 Å². The zero-order valence-electron chi connectivity index (χ0n) is 14.5. The molecule has 0 radical (unpaired) electrons. The molecule has 0 aliphatic heterocycles. The van der Waals surface area contributed by atoms with E-state index in [1.54, 1.807) is 60.7 Å². The Bertz CT molecular complexity index is 1250. The predicted molar refractivity (Wildman–Crippen MR) is 109 cm³/mol. The van der Waals surface area contributed by atoms with Crippen molar-refractivity contribution in [2.75, 3.05) is 5.32 Å². The number of halogens is 2. The Morgan fingerprint density at radius 3 is 2.25 bits per heavy atom. The molecule has 1 amide bonds. The van der Waals surface area contributed by atoms with Gasteiger partial charge in [-0.2, -0.15) is 0 Å². The van der Waals surface area contributed by atoms with Gasteiger partial charge in [-0.15, -0.1) is 0 Å². The Hall–Kier alpha value is -3.44. The summed E-state index contributed by atoms with van der Waals surface area (Å²) in [6.45, 7) is 0. The van der Waals surface area contributed by atoms with Crippen molar-refractivity contribution in [3.05, 3.63) is 106 Å². The summed E-state index contributed by atoms with van der Waals surface area (Å²) in [7, 11) is 0. The van der Waals surface area contributed by atoms with Crippen LogP contribution >= 0.6 is 11.6 Å². The van der Waals surface area contributed by atoms with E-state index in [-0.39, 0.29) is 16.8 Å². The number of carbonyl (C=O) groups is 1. The van der Waals surface area contributed by atoms with E-state index in [0.29, 0.717) is 21.5 Å². The molecule has 6 heteroatoms. The van der Waals surface area contributed by atoms with Crippen LogP contribution in [-0.2, 0) is 0 Å². The molecule has 0 aliphatic carbocycles. The minimum Gasteiger partial charge on any atom is -0.319 e. The van der Waals surface area contributed by atoms with Gasteiger partial charge >= 0.3 is 0 Å². The van der Waals surface area contributed by atoms with E-state index in [9.17, 15) is 14.0 Å². The topological polar surface area (TPSA) is 51.1 Å². The second kappa shape index (κ2) is 7.29. The van der Waals surface area contributed by atoms with Gasteiger partial charge in [0, 0.05) is 27.7 Å². The summed E-state index contributed by atoms with van der Waals surface area (Å²) in [5, 5.41) is 3.99. The molecule has 4 nitrogen and oxygen atoms in total. The number of aromatic nitrogens is 1. The maximum absolute atomic E-state index is 13.9. The van der Waals surface area contributed by atoms with E-state index < -0.39 is 11.7 Å². The fourth-order valence-electron chi connectivity index (χ4n) is 3.02.